The Kier molecular flexibility index (Phi) is 3.57. The Bertz CT molecular complexity index is 711. The predicted octanol–water partition coefficient (Wildman–Crippen LogP) is 1.14. The molecule has 0 unspecified atom stereocenters. The third kappa shape index (κ3) is 2.72. The second kappa shape index (κ2) is 5.73. The number of nitrogens with one attached hydrogen (secondary N) is 2. The summed E-state index contributed by atoms with van der Waals surface area (Å²) in [5.41, 5.74) is 2.11. The minimum Gasteiger partial charge on any atom is -0.373 e. The van der Waals surface area contributed by atoms with Gasteiger partial charge in [-0.2, -0.15) is 10.1 Å². The van der Waals surface area contributed by atoms with Crippen LogP contribution in [0.2, 0.25) is 5.02 Å². The number of aromatic amines is 1. The first-order valence-electron chi connectivity index (χ1n) is 7.65. The van der Waals surface area contributed by atoms with Crippen molar-refractivity contribution < 1.29 is 4.79 Å². The fraction of sp³-hybridized carbons (Fsp3) is 0.400. The Labute approximate surface area is 138 Å². The molecule has 2 aromatic rings. The highest BCUT2D eigenvalue weighted by molar-refractivity contribution is 6.30. The first kappa shape index (κ1) is 14.3. The van der Waals surface area contributed by atoms with Crippen molar-refractivity contribution in [3.63, 3.8) is 0 Å². The van der Waals surface area contributed by atoms with Crippen LogP contribution in [0.4, 0.5) is 11.6 Å². The van der Waals surface area contributed by atoms with Crippen LogP contribution in [0.25, 0.3) is 0 Å². The van der Waals surface area contributed by atoms with Crippen LogP contribution in [0.15, 0.2) is 24.5 Å². The van der Waals surface area contributed by atoms with E-state index in [2.05, 4.69) is 25.4 Å². The largest absolute Gasteiger partial charge is 0.373 e. The molecule has 1 saturated heterocycles. The summed E-state index contributed by atoms with van der Waals surface area (Å²) in [6, 6.07) is 5.52. The van der Waals surface area contributed by atoms with Crippen LogP contribution in [0.5, 0.6) is 0 Å². The highest BCUT2D eigenvalue weighted by Gasteiger charge is 2.32. The molecule has 3 heterocycles. The number of hydrogen-bond acceptors (Lipinski definition) is 5. The normalized spacial score (nSPS) is 20.3. The van der Waals surface area contributed by atoms with E-state index in [4.69, 9.17) is 11.6 Å². The Hall–Kier alpha value is -2.28. The zero-order valence-corrected chi connectivity index (χ0v) is 13.3. The monoisotopic (exact) mass is 332 g/mol. The minimum absolute atomic E-state index is 0.148. The maximum Gasteiger partial charge on any atom is 0.245 e. The summed E-state index contributed by atoms with van der Waals surface area (Å²) in [4.78, 5) is 20.9. The fourth-order valence-electron chi connectivity index (χ4n) is 3.19. The molecule has 1 fully saturated rings. The van der Waals surface area contributed by atoms with Crippen molar-refractivity contribution in [1.29, 1.82) is 0 Å². The van der Waals surface area contributed by atoms with Crippen molar-refractivity contribution in [3.8, 4) is 0 Å². The molecule has 0 spiro atoms. The zero-order valence-electron chi connectivity index (χ0n) is 12.5. The molecule has 2 aliphatic rings. The Balaban J connectivity index is 1.38. The number of amides is 1. The summed E-state index contributed by atoms with van der Waals surface area (Å²) >= 11 is 6.02. The summed E-state index contributed by atoms with van der Waals surface area (Å²) in [6.45, 7) is 2.89. The van der Waals surface area contributed by atoms with Crippen molar-refractivity contribution in [1.82, 2.24) is 20.1 Å². The van der Waals surface area contributed by atoms with Crippen molar-refractivity contribution >= 4 is 29.1 Å². The number of fused-ring (bicyclic) bond motifs is 1. The van der Waals surface area contributed by atoms with Crippen LogP contribution in [-0.2, 0) is 11.2 Å². The number of hydrogen-bond donors (Lipinski definition) is 2. The summed E-state index contributed by atoms with van der Waals surface area (Å²) in [5, 5.41) is 10.7. The lowest BCUT2D eigenvalue weighted by Gasteiger charge is -2.35. The average Bonchev–Trinajstić information content (AvgIpc) is 3.23. The van der Waals surface area contributed by atoms with Gasteiger partial charge in [-0.3, -0.25) is 4.79 Å². The van der Waals surface area contributed by atoms with Crippen molar-refractivity contribution in [3.05, 3.63) is 35.1 Å². The number of anilines is 2. The van der Waals surface area contributed by atoms with E-state index in [1.54, 1.807) is 0 Å². The highest BCUT2D eigenvalue weighted by Crippen LogP contribution is 2.29. The molecule has 7 nitrogen and oxygen atoms in total. The number of halogens is 1. The van der Waals surface area contributed by atoms with Crippen molar-refractivity contribution in [2.24, 2.45) is 0 Å². The molecule has 8 heteroatoms. The third-order valence-electron chi connectivity index (χ3n) is 4.41. The van der Waals surface area contributed by atoms with Crippen LogP contribution >= 0.6 is 11.6 Å². The summed E-state index contributed by atoms with van der Waals surface area (Å²) in [6.07, 6.45) is 2.19. The van der Waals surface area contributed by atoms with Gasteiger partial charge in [-0.15, -0.1) is 0 Å². The van der Waals surface area contributed by atoms with Crippen molar-refractivity contribution in [2.75, 3.05) is 36.4 Å². The molecule has 1 atom stereocenters. The number of H-pyrrole nitrogens is 1. The van der Waals surface area contributed by atoms with Gasteiger partial charge in [0, 0.05) is 43.3 Å². The lowest BCUT2D eigenvalue weighted by atomic mass is 10.1. The quantitative estimate of drug-likeness (QED) is 0.862. The van der Waals surface area contributed by atoms with E-state index in [0.717, 1.165) is 30.3 Å². The van der Waals surface area contributed by atoms with Gasteiger partial charge >= 0.3 is 0 Å². The summed E-state index contributed by atoms with van der Waals surface area (Å²) < 4.78 is 0. The topological polar surface area (TPSA) is 77.2 Å². The molecule has 0 saturated carbocycles. The third-order valence-corrected chi connectivity index (χ3v) is 4.65. The highest BCUT2D eigenvalue weighted by atomic mass is 35.5. The lowest BCUT2D eigenvalue weighted by molar-refractivity contribution is -0.132. The van der Waals surface area contributed by atoms with E-state index in [-0.39, 0.29) is 11.9 Å². The maximum atomic E-state index is 12.7. The molecule has 1 aromatic carbocycles. The summed E-state index contributed by atoms with van der Waals surface area (Å²) in [7, 11) is 0. The number of nitrogens with zero attached hydrogens (tertiary/aromatic N) is 4. The molecule has 0 aliphatic carbocycles. The Morgan fingerprint density at radius 3 is 2.83 bits per heavy atom. The molecular weight excluding hydrogens is 316 g/mol. The van der Waals surface area contributed by atoms with Gasteiger partial charge < -0.3 is 15.1 Å². The number of benzene rings is 1. The van der Waals surface area contributed by atoms with E-state index < -0.39 is 0 Å². The number of carbonyl (C=O) groups excluding carboxylic acids is 1. The van der Waals surface area contributed by atoms with Crippen LogP contribution in [-0.4, -0.2) is 58.2 Å². The molecule has 120 valence electrons. The van der Waals surface area contributed by atoms with Gasteiger partial charge in [-0.1, -0.05) is 11.6 Å². The van der Waals surface area contributed by atoms with Crippen LogP contribution in [0.3, 0.4) is 0 Å². The second-order valence-electron chi connectivity index (χ2n) is 5.82. The molecule has 4 rings (SSSR count). The van der Waals surface area contributed by atoms with E-state index in [1.165, 1.54) is 6.33 Å². The molecule has 0 radical (unpaired) electrons. The first-order chi connectivity index (χ1) is 11.2. The number of rotatable bonds is 2. The molecule has 2 aliphatic heterocycles. The molecule has 0 bridgehead atoms. The van der Waals surface area contributed by atoms with Gasteiger partial charge in [0.25, 0.3) is 0 Å². The average molecular weight is 333 g/mol. The zero-order chi connectivity index (χ0) is 15.8. The van der Waals surface area contributed by atoms with Gasteiger partial charge in [-0.05, 0) is 23.8 Å². The molecule has 1 aromatic heterocycles. The van der Waals surface area contributed by atoms with Gasteiger partial charge in [0.2, 0.25) is 11.9 Å². The Morgan fingerprint density at radius 1 is 1.26 bits per heavy atom. The standard InChI is InChI=1S/C15H17ClN6O/c16-11-1-2-12-10(7-11)8-13(19-12)14(23)21-3-5-22(6-4-21)15-17-9-18-20-15/h1-2,7,9,13,19H,3-6,8H2,(H,17,18,20)/t13-/m0/s1. The molecule has 2 N–H and O–H groups in total. The SMILES string of the molecule is O=C([C@@H]1Cc2cc(Cl)ccc2N1)N1CCN(c2ncn[nH]2)CC1. The Morgan fingerprint density at radius 2 is 2.09 bits per heavy atom. The van der Waals surface area contributed by atoms with Crippen LogP contribution in [0.1, 0.15) is 5.56 Å². The number of aromatic nitrogens is 3. The number of piperazine rings is 1. The predicted molar refractivity (Wildman–Crippen MR) is 87.7 cm³/mol. The van der Waals surface area contributed by atoms with E-state index in [0.29, 0.717) is 24.5 Å². The van der Waals surface area contributed by atoms with Gasteiger partial charge in [-0.25, -0.2) is 5.10 Å². The maximum absolute atomic E-state index is 12.7. The van der Waals surface area contributed by atoms with Gasteiger partial charge in [0.15, 0.2) is 0 Å². The molecule has 23 heavy (non-hydrogen) atoms. The molecular formula is C15H17ClN6O. The van der Waals surface area contributed by atoms with Crippen LogP contribution < -0.4 is 10.2 Å². The minimum atomic E-state index is -0.194. The van der Waals surface area contributed by atoms with Gasteiger partial charge in [0.05, 0.1) is 0 Å². The van der Waals surface area contributed by atoms with E-state index >= 15 is 0 Å². The molecule has 1 amide bonds. The fourth-order valence-corrected chi connectivity index (χ4v) is 3.38. The first-order valence-corrected chi connectivity index (χ1v) is 8.02. The smallest absolute Gasteiger partial charge is 0.245 e. The van der Waals surface area contributed by atoms with E-state index in [9.17, 15) is 4.79 Å². The lowest BCUT2D eigenvalue weighted by Crippen LogP contribution is -2.52. The summed E-state index contributed by atoms with van der Waals surface area (Å²) in [5.74, 6) is 0.910. The van der Waals surface area contributed by atoms with Crippen molar-refractivity contribution in [2.45, 2.75) is 12.5 Å². The van der Waals surface area contributed by atoms with Crippen LogP contribution in [0, 0.1) is 0 Å². The number of carbonyl (C=O) groups is 1. The second-order valence-corrected chi connectivity index (χ2v) is 6.26. The van der Waals surface area contributed by atoms with E-state index in [1.807, 2.05) is 23.1 Å². The van der Waals surface area contributed by atoms with Gasteiger partial charge in [0.1, 0.15) is 12.4 Å².